The number of hydrogen-bond acceptors (Lipinski definition) is 3. The van der Waals surface area contributed by atoms with Crippen LogP contribution >= 0.6 is 0 Å². The van der Waals surface area contributed by atoms with Crippen molar-refractivity contribution in [2.75, 3.05) is 18.9 Å². The number of nitrogen functional groups attached to an aromatic ring is 1. The standard InChI is InChI=1S/C16H19NO2/c1-12-7-8-14(17)16(11-12)19-10-9-18-15-6-4-3-5-13(15)2/h3-8,11H,9-10,17H2,1-2H3. The van der Waals surface area contributed by atoms with E-state index in [0.29, 0.717) is 24.7 Å². The summed E-state index contributed by atoms with van der Waals surface area (Å²) < 4.78 is 11.3. The summed E-state index contributed by atoms with van der Waals surface area (Å²) in [5.41, 5.74) is 8.75. The molecule has 0 unspecified atom stereocenters. The Kier molecular flexibility index (Phi) is 4.29. The lowest BCUT2D eigenvalue weighted by atomic mass is 10.2. The highest BCUT2D eigenvalue weighted by molar-refractivity contribution is 5.53. The molecule has 3 heteroatoms. The Morgan fingerprint density at radius 2 is 1.58 bits per heavy atom. The molecule has 0 heterocycles. The smallest absolute Gasteiger partial charge is 0.142 e. The number of anilines is 1. The highest BCUT2D eigenvalue weighted by Crippen LogP contribution is 2.22. The summed E-state index contributed by atoms with van der Waals surface area (Å²) in [6, 6.07) is 13.7. The van der Waals surface area contributed by atoms with Gasteiger partial charge >= 0.3 is 0 Å². The molecule has 2 N–H and O–H groups in total. The van der Waals surface area contributed by atoms with Gasteiger partial charge in [-0.3, -0.25) is 0 Å². The molecule has 0 aliphatic rings. The summed E-state index contributed by atoms with van der Waals surface area (Å²) in [6.45, 7) is 5.01. The maximum Gasteiger partial charge on any atom is 0.142 e. The molecular weight excluding hydrogens is 238 g/mol. The van der Waals surface area contributed by atoms with Crippen molar-refractivity contribution < 1.29 is 9.47 Å². The van der Waals surface area contributed by atoms with Crippen LogP contribution in [-0.4, -0.2) is 13.2 Å². The van der Waals surface area contributed by atoms with Gasteiger partial charge in [0.2, 0.25) is 0 Å². The van der Waals surface area contributed by atoms with Crippen molar-refractivity contribution in [3.8, 4) is 11.5 Å². The van der Waals surface area contributed by atoms with Gasteiger partial charge in [0.25, 0.3) is 0 Å². The zero-order chi connectivity index (χ0) is 13.7. The topological polar surface area (TPSA) is 44.5 Å². The van der Waals surface area contributed by atoms with Crippen LogP contribution in [0.15, 0.2) is 42.5 Å². The lowest BCUT2D eigenvalue weighted by Crippen LogP contribution is -2.10. The summed E-state index contributed by atoms with van der Waals surface area (Å²) in [5.74, 6) is 1.61. The number of nitrogens with two attached hydrogens (primary N) is 1. The van der Waals surface area contributed by atoms with Crippen molar-refractivity contribution in [1.82, 2.24) is 0 Å². The number of ether oxygens (including phenoxy) is 2. The van der Waals surface area contributed by atoms with Gasteiger partial charge in [-0.05, 0) is 43.2 Å². The van der Waals surface area contributed by atoms with E-state index in [1.54, 1.807) is 0 Å². The van der Waals surface area contributed by atoms with E-state index in [0.717, 1.165) is 16.9 Å². The van der Waals surface area contributed by atoms with Crippen molar-refractivity contribution in [3.63, 3.8) is 0 Å². The summed E-state index contributed by atoms with van der Waals surface area (Å²) >= 11 is 0. The van der Waals surface area contributed by atoms with E-state index in [-0.39, 0.29) is 0 Å². The molecule has 0 radical (unpaired) electrons. The van der Waals surface area contributed by atoms with E-state index in [1.165, 1.54) is 0 Å². The molecule has 2 aromatic carbocycles. The van der Waals surface area contributed by atoms with Gasteiger partial charge < -0.3 is 15.2 Å². The lowest BCUT2D eigenvalue weighted by Gasteiger charge is -2.11. The second-order valence-electron chi connectivity index (χ2n) is 4.50. The number of hydrogen-bond donors (Lipinski definition) is 1. The molecule has 0 bridgehead atoms. The lowest BCUT2D eigenvalue weighted by molar-refractivity contribution is 0.217. The molecule has 100 valence electrons. The van der Waals surface area contributed by atoms with E-state index in [4.69, 9.17) is 15.2 Å². The highest BCUT2D eigenvalue weighted by atomic mass is 16.5. The predicted molar refractivity (Wildman–Crippen MR) is 77.8 cm³/mol. The minimum atomic E-state index is 0.474. The van der Waals surface area contributed by atoms with Crippen molar-refractivity contribution in [2.24, 2.45) is 0 Å². The molecule has 0 atom stereocenters. The molecule has 2 rings (SSSR count). The van der Waals surface area contributed by atoms with Gasteiger partial charge in [0, 0.05) is 0 Å². The SMILES string of the molecule is Cc1ccc(N)c(OCCOc2ccccc2C)c1. The molecular formula is C16H19NO2. The Morgan fingerprint density at radius 1 is 0.895 bits per heavy atom. The van der Waals surface area contributed by atoms with Crippen molar-refractivity contribution >= 4 is 5.69 Å². The van der Waals surface area contributed by atoms with Crippen LogP contribution in [0.1, 0.15) is 11.1 Å². The van der Waals surface area contributed by atoms with Crippen LogP contribution in [0.25, 0.3) is 0 Å². The molecule has 0 spiro atoms. The Hall–Kier alpha value is -2.16. The fourth-order valence-corrected chi connectivity index (χ4v) is 1.79. The van der Waals surface area contributed by atoms with E-state index in [9.17, 15) is 0 Å². The Balaban J connectivity index is 1.84. The first-order chi connectivity index (χ1) is 9.16. The monoisotopic (exact) mass is 257 g/mol. The Morgan fingerprint density at radius 3 is 2.32 bits per heavy atom. The number of para-hydroxylation sites is 1. The van der Waals surface area contributed by atoms with E-state index in [1.807, 2.05) is 56.3 Å². The summed E-state index contributed by atoms with van der Waals surface area (Å²) in [7, 11) is 0. The van der Waals surface area contributed by atoms with E-state index >= 15 is 0 Å². The minimum Gasteiger partial charge on any atom is -0.490 e. The fourth-order valence-electron chi connectivity index (χ4n) is 1.79. The summed E-state index contributed by atoms with van der Waals surface area (Å²) in [4.78, 5) is 0. The van der Waals surface area contributed by atoms with Crippen molar-refractivity contribution in [1.29, 1.82) is 0 Å². The molecule has 3 nitrogen and oxygen atoms in total. The van der Waals surface area contributed by atoms with Gasteiger partial charge in [0.15, 0.2) is 0 Å². The number of aryl methyl sites for hydroxylation is 2. The Bertz CT molecular complexity index is 552. The van der Waals surface area contributed by atoms with Gasteiger partial charge in [0.05, 0.1) is 5.69 Å². The van der Waals surface area contributed by atoms with Crippen LogP contribution in [0, 0.1) is 13.8 Å². The predicted octanol–water partition coefficient (Wildman–Crippen LogP) is 3.34. The van der Waals surface area contributed by atoms with Gasteiger partial charge in [-0.25, -0.2) is 0 Å². The van der Waals surface area contributed by atoms with Crippen molar-refractivity contribution in [3.05, 3.63) is 53.6 Å². The first-order valence-electron chi connectivity index (χ1n) is 6.34. The minimum absolute atomic E-state index is 0.474. The normalized spacial score (nSPS) is 10.2. The third-order valence-corrected chi connectivity index (χ3v) is 2.86. The van der Waals surface area contributed by atoms with Crippen LogP contribution in [0.4, 0.5) is 5.69 Å². The van der Waals surface area contributed by atoms with Crippen LogP contribution in [0.5, 0.6) is 11.5 Å². The molecule has 0 aliphatic heterocycles. The second kappa shape index (κ2) is 6.14. The molecule has 0 aromatic heterocycles. The average Bonchev–Trinajstić information content (AvgIpc) is 2.40. The number of benzene rings is 2. The summed E-state index contributed by atoms with van der Waals surface area (Å²) in [6.07, 6.45) is 0. The third kappa shape index (κ3) is 3.65. The largest absolute Gasteiger partial charge is 0.490 e. The first-order valence-corrected chi connectivity index (χ1v) is 6.34. The van der Waals surface area contributed by atoms with Crippen LogP contribution in [0.3, 0.4) is 0 Å². The van der Waals surface area contributed by atoms with Gasteiger partial charge in [0.1, 0.15) is 24.7 Å². The third-order valence-electron chi connectivity index (χ3n) is 2.86. The summed E-state index contributed by atoms with van der Waals surface area (Å²) in [5, 5.41) is 0. The first kappa shape index (κ1) is 13.3. The molecule has 0 saturated heterocycles. The Labute approximate surface area is 114 Å². The van der Waals surface area contributed by atoms with Gasteiger partial charge in [-0.2, -0.15) is 0 Å². The van der Waals surface area contributed by atoms with E-state index in [2.05, 4.69) is 0 Å². The van der Waals surface area contributed by atoms with Crippen LogP contribution in [-0.2, 0) is 0 Å². The molecule has 0 fully saturated rings. The average molecular weight is 257 g/mol. The molecule has 19 heavy (non-hydrogen) atoms. The van der Waals surface area contributed by atoms with Gasteiger partial charge in [-0.1, -0.05) is 24.3 Å². The van der Waals surface area contributed by atoms with Crippen LogP contribution in [0.2, 0.25) is 0 Å². The van der Waals surface area contributed by atoms with Gasteiger partial charge in [-0.15, -0.1) is 0 Å². The fraction of sp³-hybridized carbons (Fsp3) is 0.250. The maximum absolute atomic E-state index is 5.84. The highest BCUT2D eigenvalue weighted by Gasteiger charge is 2.01. The number of rotatable bonds is 5. The molecule has 2 aromatic rings. The second-order valence-corrected chi connectivity index (χ2v) is 4.50. The maximum atomic E-state index is 5.84. The zero-order valence-electron chi connectivity index (χ0n) is 11.3. The van der Waals surface area contributed by atoms with Crippen molar-refractivity contribution in [2.45, 2.75) is 13.8 Å². The molecule has 0 saturated carbocycles. The van der Waals surface area contributed by atoms with E-state index < -0.39 is 0 Å². The molecule has 0 aliphatic carbocycles. The zero-order valence-corrected chi connectivity index (χ0v) is 11.3. The quantitative estimate of drug-likeness (QED) is 0.660. The van der Waals surface area contributed by atoms with Crippen LogP contribution < -0.4 is 15.2 Å². The molecule has 0 amide bonds.